The monoisotopic (exact) mass is 689 g/mol. The molecule has 0 bridgehead atoms. The molecule has 0 aliphatic carbocycles. The number of hydrogen-bond donors (Lipinski definition) is 2. The van der Waals surface area contributed by atoms with Gasteiger partial charge >= 0.3 is 0 Å². The number of hydrogen-bond acceptors (Lipinski definition) is 8. The van der Waals surface area contributed by atoms with Crippen LogP contribution in [0.5, 0.6) is 5.75 Å². The number of ether oxygens (including phenoxy) is 2. The molecule has 0 spiro atoms. The van der Waals surface area contributed by atoms with Crippen LogP contribution in [0.2, 0.25) is 0 Å². The molecule has 5 aromatic rings. The number of carbonyl (C=O) groups excluding carboxylic acids is 1. The molecule has 7 rings (SSSR count). The van der Waals surface area contributed by atoms with Gasteiger partial charge in [-0.1, -0.05) is 6.07 Å². The fourth-order valence-corrected chi connectivity index (χ4v) is 6.90. The zero-order chi connectivity index (χ0) is 35.4. The van der Waals surface area contributed by atoms with Crippen molar-refractivity contribution in [2.45, 2.75) is 25.4 Å². The van der Waals surface area contributed by atoms with E-state index in [1.165, 1.54) is 18.5 Å². The van der Waals surface area contributed by atoms with E-state index in [-0.39, 0.29) is 18.2 Å². The van der Waals surface area contributed by atoms with E-state index in [1.807, 2.05) is 37.3 Å². The number of anilines is 3. The third-order valence-corrected chi connectivity index (χ3v) is 9.60. The predicted octanol–water partition coefficient (Wildman–Crippen LogP) is 6.40. The van der Waals surface area contributed by atoms with Crippen LogP contribution in [0, 0.1) is 35.8 Å². The Morgan fingerprint density at radius 2 is 1.73 bits per heavy atom. The fraction of sp³-hybridized carbons (Fsp3) is 0.282. The van der Waals surface area contributed by atoms with Gasteiger partial charge in [-0.2, -0.15) is 10.4 Å². The number of carbonyl (C=O) groups is 1. The number of rotatable bonds is 10. The van der Waals surface area contributed by atoms with E-state index in [1.54, 1.807) is 24.3 Å². The van der Waals surface area contributed by atoms with Crippen molar-refractivity contribution in [3.63, 3.8) is 0 Å². The maximum Gasteiger partial charge on any atom is 0.255 e. The molecule has 2 aliphatic rings. The molecule has 260 valence electrons. The molecule has 4 aromatic carbocycles. The zero-order valence-electron chi connectivity index (χ0n) is 28.1. The second-order valence-corrected chi connectivity index (χ2v) is 13.0. The Bertz CT molecular complexity index is 2030. The minimum absolute atomic E-state index is 0.0180. The lowest BCUT2D eigenvalue weighted by Gasteiger charge is -2.37. The molecule has 2 N–H and O–H groups in total. The standard InChI is InChI=1S/C39H37F2N7O3/c1-26-18-33(48-16-14-47(15-17-48)32-9-4-29(5-10-32)38(49)45-31-7-2-27(22-42)3-8-31)11-13-36(26)50-23-28-20-39(51-24-28,21-37-43-25-44-46-37)34-12-6-30(40)19-35(34)41/h2-13,18-19,25,28H,14-17,20-21,23-24H2,1H3,(H,45,49)(H,43,44,46)/t28-,39+/m0/s1. The molecular weight excluding hydrogens is 652 g/mol. The summed E-state index contributed by atoms with van der Waals surface area (Å²) in [5.74, 6) is -0.168. The first-order valence-electron chi connectivity index (χ1n) is 16.9. The number of aromatic amines is 1. The minimum Gasteiger partial charge on any atom is -0.493 e. The molecule has 2 fully saturated rings. The first kappa shape index (κ1) is 33.7. The highest BCUT2D eigenvalue weighted by Gasteiger charge is 2.45. The molecule has 12 heteroatoms. The number of nitrogens with one attached hydrogen (secondary N) is 2. The van der Waals surface area contributed by atoms with Crippen molar-refractivity contribution in [1.29, 1.82) is 5.26 Å². The van der Waals surface area contributed by atoms with E-state index in [9.17, 15) is 9.18 Å². The molecule has 2 saturated heterocycles. The third-order valence-electron chi connectivity index (χ3n) is 9.60. The Balaban J connectivity index is 0.922. The van der Waals surface area contributed by atoms with Gasteiger partial charge in [-0.05, 0) is 91.7 Å². The normalized spacial score (nSPS) is 18.7. The van der Waals surface area contributed by atoms with E-state index >= 15 is 4.39 Å². The van der Waals surface area contributed by atoms with Gasteiger partial charge in [0.15, 0.2) is 0 Å². The van der Waals surface area contributed by atoms with Crippen molar-refractivity contribution in [2.24, 2.45) is 5.92 Å². The number of amides is 1. The number of benzene rings is 4. The summed E-state index contributed by atoms with van der Waals surface area (Å²) in [6.07, 6.45) is 2.15. The Hall–Kier alpha value is -5.80. The Morgan fingerprint density at radius 3 is 2.39 bits per heavy atom. The molecule has 3 heterocycles. The number of aromatic nitrogens is 3. The third kappa shape index (κ3) is 7.54. The Morgan fingerprint density at radius 1 is 1.00 bits per heavy atom. The first-order valence-corrected chi connectivity index (χ1v) is 16.9. The number of aryl methyl sites for hydroxylation is 1. The van der Waals surface area contributed by atoms with Crippen molar-refractivity contribution in [3.8, 4) is 11.8 Å². The molecule has 2 aliphatic heterocycles. The topological polar surface area (TPSA) is 119 Å². The maximum absolute atomic E-state index is 15.0. The quantitative estimate of drug-likeness (QED) is 0.173. The summed E-state index contributed by atoms with van der Waals surface area (Å²) in [5, 5.41) is 18.6. The van der Waals surface area contributed by atoms with Crippen LogP contribution in [0.1, 0.15) is 39.3 Å². The first-order chi connectivity index (χ1) is 24.8. The molecule has 51 heavy (non-hydrogen) atoms. The Kier molecular flexibility index (Phi) is 9.63. The highest BCUT2D eigenvalue weighted by atomic mass is 19.1. The van der Waals surface area contributed by atoms with Gasteiger partial charge in [0.05, 0.1) is 24.8 Å². The average Bonchev–Trinajstić information content (AvgIpc) is 3.82. The van der Waals surface area contributed by atoms with E-state index in [0.717, 1.165) is 54.9 Å². The van der Waals surface area contributed by atoms with Gasteiger partial charge < -0.3 is 24.6 Å². The summed E-state index contributed by atoms with van der Waals surface area (Å²) >= 11 is 0. The van der Waals surface area contributed by atoms with Crippen molar-refractivity contribution >= 4 is 23.0 Å². The van der Waals surface area contributed by atoms with Crippen molar-refractivity contribution in [3.05, 3.63) is 131 Å². The van der Waals surface area contributed by atoms with Crippen LogP contribution in [0.3, 0.4) is 0 Å². The lowest BCUT2D eigenvalue weighted by atomic mass is 9.84. The second-order valence-electron chi connectivity index (χ2n) is 13.0. The average molecular weight is 690 g/mol. The lowest BCUT2D eigenvalue weighted by Crippen LogP contribution is -2.46. The largest absolute Gasteiger partial charge is 0.493 e. The molecule has 2 atom stereocenters. The van der Waals surface area contributed by atoms with Gasteiger partial charge in [0.1, 0.15) is 35.1 Å². The maximum atomic E-state index is 15.0. The van der Waals surface area contributed by atoms with Gasteiger partial charge in [-0.3, -0.25) is 9.89 Å². The van der Waals surface area contributed by atoms with Crippen LogP contribution in [-0.2, 0) is 16.8 Å². The van der Waals surface area contributed by atoms with Gasteiger partial charge in [-0.15, -0.1) is 0 Å². The number of nitrogens with zero attached hydrogens (tertiary/aromatic N) is 5. The predicted molar refractivity (Wildman–Crippen MR) is 189 cm³/mol. The molecule has 0 saturated carbocycles. The molecule has 1 aromatic heterocycles. The number of piperazine rings is 1. The summed E-state index contributed by atoms with van der Waals surface area (Å²) in [6, 6.07) is 26.3. The van der Waals surface area contributed by atoms with Gasteiger partial charge in [-0.25, -0.2) is 13.8 Å². The van der Waals surface area contributed by atoms with Crippen molar-refractivity contribution in [2.75, 3.05) is 54.5 Å². The van der Waals surface area contributed by atoms with Crippen LogP contribution in [0.25, 0.3) is 0 Å². The molecular formula is C39H37F2N7O3. The SMILES string of the molecule is Cc1cc(N2CCN(c3ccc(C(=O)Nc4ccc(C#N)cc4)cc3)CC2)ccc1OC[C@H]1CO[C@](Cc2ncn[nH]2)(c2ccc(F)cc2F)C1. The van der Waals surface area contributed by atoms with E-state index in [2.05, 4.69) is 48.5 Å². The van der Waals surface area contributed by atoms with Gasteiger partial charge in [0, 0.05) is 72.8 Å². The summed E-state index contributed by atoms with van der Waals surface area (Å²) in [4.78, 5) is 21.6. The molecule has 1 amide bonds. The van der Waals surface area contributed by atoms with Crippen LogP contribution < -0.4 is 19.9 Å². The summed E-state index contributed by atoms with van der Waals surface area (Å²) in [7, 11) is 0. The summed E-state index contributed by atoms with van der Waals surface area (Å²) in [6.45, 7) is 6.12. The van der Waals surface area contributed by atoms with Crippen LogP contribution in [0.4, 0.5) is 25.8 Å². The fourth-order valence-electron chi connectivity index (χ4n) is 6.90. The van der Waals surface area contributed by atoms with Crippen LogP contribution >= 0.6 is 0 Å². The van der Waals surface area contributed by atoms with Crippen molar-refractivity contribution in [1.82, 2.24) is 15.2 Å². The number of H-pyrrole nitrogens is 1. The highest BCUT2D eigenvalue weighted by molar-refractivity contribution is 6.04. The second kappa shape index (κ2) is 14.6. The highest BCUT2D eigenvalue weighted by Crippen LogP contribution is 2.43. The lowest BCUT2D eigenvalue weighted by molar-refractivity contribution is -0.00524. The number of halogens is 2. The van der Waals surface area contributed by atoms with E-state index in [0.29, 0.717) is 47.8 Å². The summed E-state index contributed by atoms with van der Waals surface area (Å²) in [5.41, 5.74) is 4.22. The van der Waals surface area contributed by atoms with Gasteiger partial charge in [0.2, 0.25) is 0 Å². The van der Waals surface area contributed by atoms with E-state index < -0.39 is 17.2 Å². The smallest absolute Gasteiger partial charge is 0.255 e. The Labute approximate surface area is 294 Å². The molecule has 0 unspecified atom stereocenters. The minimum atomic E-state index is -1.02. The van der Waals surface area contributed by atoms with E-state index in [4.69, 9.17) is 14.7 Å². The summed E-state index contributed by atoms with van der Waals surface area (Å²) < 4.78 is 41.3. The van der Waals surface area contributed by atoms with Crippen LogP contribution in [0.15, 0.2) is 91.3 Å². The number of nitriles is 1. The molecule has 0 radical (unpaired) electrons. The zero-order valence-corrected chi connectivity index (χ0v) is 28.1. The van der Waals surface area contributed by atoms with Crippen molar-refractivity contribution < 1.29 is 23.0 Å². The van der Waals surface area contributed by atoms with Crippen LogP contribution in [-0.4, -0.2) is 60.5 Å². The molecule has 10 nitrogen and oxygen atoms in total. The van der Waals surface area contributed by atoms with Gasteiger partial charge in [0.25, 0.3) is 5.91 Å².